The molecule has 6 aliphatic heterocycles. The van der Waals surface area contributed by atoms with Crippen LogP contribution in [0.1, 0.15) is 195 Å². The zero-order chi connectivity index (χ0) is 55.6. The van der Waals surface area contributed by atoms with Gasteiger partial charge in [-0.2, -0.15) is 0 Å². The van der Waals surface area contributed by atoms with Gasteiger partial charge in [-0.3, -0.25) is 4.99 Å². The van der Waals surface area contributed by atoms with Crippen LogP contribution in [0.5, 0.6) is 28.7 Å². The molecule has 0 radical (unpaired) electrons. The molecule has 12 nitrogen and oxygen atoms in total. The molecule has 6 heterocycles. The van der Waals surface area contributed by atoms with Crippen LogP contribution in [0.3, 0.4) is 0 Å². The molecule has 0 amide bonds. The van der Waals surface area contributed by atoms with Crippen molar-refractivity contribution in [2.45, 2.75) is 211 Å². The van der Waals surface area contributed by atoms with Crippen LogP contribution in [-0.4, -0.2) is 88.8 Å². The molecule has 0 unspecified atom stereocenters. The number of hydrogen-bond donors (Lipinski definition) is 7. The predicted molar refractivity (Wildman–Crippen MR) is 313 cm³/mol. The van der Waals surface area contributed by atoms with Crippen LogP contribution in [0, 0.1) is 51.8 Å². The maximum absolute atomic E-state index is 12.8. The zero-order valence-electron chi connectivity index (χ0n) is 48.7. The van der Waals surface area contributed by atoms with E-state index in [1.807, 2.05) is 24.3 Å². The van der Waals surface area contributed by atoms with Crippen LogP contribution in [0.15, 0.2) is 53.5 Å². The Morgan fingerprint density at radius 3 is 2.39 bits per heavy atom. The number of nitrogens with zero attached hydrogens (tertiary/aromatic N) is 1. The molecule has 8 bridgehead atoms. The smallest absolute Gasteiger partial charge is 0.188 e. The van der Waals surface area contributed by atoms with Gasteiger partial charge in [-0.1, -0.05) is 83.9 Å². The van der Waals surface area contributed by atoms with Gasteiger partial charge in [0.1, 0.15) is 29.5 Å². The third-order valence-electron chi connectivity index (χ3n) is 22.9. The van der Waals surface area contributed by atoms with Crippen molar-refractivity contribution in [2.24, 2.45) is 62.5 Å². The van der Waals surface area contributed by atoms with Crippen molar-refractivity contribution < 1.29 is 44.5 Å². The van der Waals surface area contributed by atoms with Crippen LogP contribution in [0.2, 0.25) is 0 Å². The van der Waals surface area contributed by atoms with Crippen molar-refractivity contribution in [3.05, 3.63) is 76.4 Å². The number of aliphatic hydroxyl groups excluding tert-OH is 3. The first-order valence-corrected chi connectivity index (χ1v) is 31.8. The molecule has 5 fully saturated rings. The fraction of sp³-hybridized carbons (Fsp3) is 0.691. The molecule has 4 spiro atoms. The number of aromatic hydroxyl groups is 2. The first kappa shape index (κ1) is 56.0. The second kappa shape index (κ2) is 22.6. The van der Waals surface area contributed by atoms with Gasteiger partial charge < -0.3 is 55.5 Å². The van der Waals surface area contributed by atoms with Crippen molar-refractivity contribution in [2.75, 3.05) is 33.4 Å². The first-order chi connectivity index (χ1) is 38.7. The van der Waals surface area contributed by atoms with Crippen LogP contribution < -0.4 is 25.3 Å². The van der Waals surface area contributed by atoms with E-state index >= 15 is 0 Å². The summed E-state index contributed by atoms with van der Waals surface area (Å²) in [6.45, 7) is 8.62. The van der Waals surface area contributed by atoms with Gasteiger partial charge in [-0.15, -0.1) is 0 Å². The summed E-state index contributed by atoms with van der Waals surface area (Å²) in [5, 5.41) is 63.4. The molecule has 80 heavy (non-hydrogen) atoms. The third kappa shape index (κ3) is 10.2. The van der Waals surface area contributed by atoms with E-state index in [4.69, 9.17) is 29.7 Å². The second-order valence-corrected chi connectivity index (χ2v) is 27.7. The highest BCUT2D eigenvalue weighted by molar-refractivity contribution is 5.84. The van der Waals surface area contributed by atoms with Crippen molar-refractivity contribution in [1.82, 2.24) is 5.32 Å². The number of rotatable bonds is 5. The number of nitrogens with two attached hydrogens (primary N) is 1. The van der Waals surface area contributed by atoms with E-state index in [2.05, 4.69) is 44.3 Å². The van der Waals surface area contributed by atoms with E-state index in [9.17, 15) is 25.5 Å². The molecule has 4 saturated carbocycles. The Morgan fingerprint density at radius 1 is 0.825 bits per heavy atom. The number of phenols is 2. The number of fused-ring (bicyclic) bond motifs is 2. The summed E-state index contributed by atoms with van der Waals surface area (Å²) in [6, 6.07) is 11.5. The minimum atomic E-state index is -0.913. The number of phenolic OH excluding ortho intramolecular Hbond substituents is 2. The Hall–Kier alpha value is -4.49. The summed E-state index contributed by atoms with van der Waals surface area (Å²) in [6.07, 6.45) is 25.7. The molecular weight excluding hydrogens is 1000 g/mol. The van der Waals surface area contributed by atoms with Gasteiger partial charge in [-0.05, 0) is 207 Å². The second-order valence-electron chi connectivity index (χ2n) is 27.7. The van der Waals surface area contributed by atoms with E-state index in [-0.39, 0.29) is 69.9 Å². The Kier molecular flexibility index (Phi) is 15.8. The Morgan fingerprint density at radius 2 is 1.61 bits per heavy atom. The standard InChI is InChI=1S/C68H95N3O9/c1-5-42-29-44-13-12-43(42)30-48(73)37-67(21-11-20-66(67)25-27-78-68(39-66)22-7-6-8-23-68)40-71-64(69)70-26-17-49-53(38-72)65(18-9-10-19-65)24-16-57(49)79-59-34-45(14-15-54(59)74)63-56(76)35-52-58(80-63)36-60(77-4)62-51-32-47(28-41(2)3)55(75)33-46(51)31-50(44)61(52)62/h12-15,32-34,36,41-44,48-50,53,56-57,63,72-76H,5-11,16-31,35,37-40H2,1-4H3,(H3,69,70,71)/t42-,43+,44+,48+,49-,50+,53+,56-,57-,63+,66+,67+/m1/s1. The number of hydrogen-bond acceptors (Lipinski definition) is 12. The molecule has 3 aromatic rings. The molecule has 15 rings (SSSR count). The monoisotopic (exact) mass is 1100 g/mol. The SMILES string of the molecule is CC[C@@H]1C[C@@H]2C=C[C@H]1C[C@H](O)C[C@@]1(CCC[C@@]13CCOC1(CCCCC1)C3)CN=C(N)NCC[C@H]1[C@@H](CCC3(CCCC3)[C@H]1CO)Oc1cc(ccc1O)[C@@H]1Oc3cc(OC)c4c(c3C[C@H]1O)[C@H]2Cc1cc(O)c(CC(C)C)cc1-4. The lowest BCUT2D eigenvalue weighted by molar-refractivity contribution is -0.172. The maximum atomic E-state index is 12.8. The summed E-state index contributed by atoms with van der Waals surface area (Å²) in [7, 11) is 1.73. The maximum Gasteiger partial charge on any atom is 0.188 e. The molecule has 436 valence electrons. The lowest BCUT2D eigenvalue weighted by atomic mass is 9.55. The quantitative estimate of drug-likeness (QED) is 0.120. The largest absolute Gasteiger partial charge is 0.508 e. The minimum absolute atomic E-state index is 0.000784. The van der Waals surface area contributed by atoms with E-state index in [1.54, 1.807) is 13.2 Å². The number of nitrogens with one attached hydrogen (secondary N) is 1. The molecule has 1 saturated heterocycles. The van der Waals surface area contributed by atoms with Crippen molar-refractivity contribution in [3.8, 4) is 39.9 Å². The van der Waals surface area contributed by atoms with E-state index in [1.165, 1.54) is 19.3 Å². The normalized spacial score (nSPS) is 34.7. The highest BCUT2D eigenvalue weighted by Crippen LogP contribution is 2.65. The summed E-state index contributed by atoms with van der Waals surface area (Å²) in [5.74, 6) is 3.54. The molecule has 12 aliphatic rings. The number of allylic oxidation sites excluding steroid dienone is 2. The fourth-order valence-electron chi connectivity index (χ4n) is 19.1. The van der Waals surface area contributed by atoms with Gasteiger partial charge in [0.25, 0.3) is 0 Å². The van der Waals surface area contributed by atoms with Crippen LogP contribution in [-0.2, 0) is 24.0 Å². The third-order valence-corrected chi connectivity index (χ3v) is 22.9. The number of methoxy groups -OCH3 is 1. The van der Waals surface area contributed by atoms with Crippen molar-refractivity contribution in [1.29, 1.82) is 0 Å². The molecule has 8 N–H and O–H groups in total. The van der Waals surface area contributed by atoms with Crippen LogP contribution in [0.4, 0.5) is 0 Å². The van der Waals surface area contributed by atoms with Crippen molar-refractivity contribution in [3.63, 3.8) is 0 Å². The lowest BCUT2D eigenvalue weighted by Gasteiger charge is -2.55. The number of benzene rings is 3. The number of ether oxygens (including phenoxy) is 4. The van der Waals surface area contributed by atoms with Gasteiger partial charge in [0, 0.05) is 55.8 Å². The zero-order valence-corrected chi connectivity index (χ0v) is 48.7. The van der Waals surface area contributed by atoms with Gasteiger partial charge in [-0.25, -0.2) is 0 Å². The molecule has 12 heteroatoms. The Balaban J connectivity index is 0.958. The lowest BCUT2D eigenvalue weighted by Crippen LogP contribution is -2.53. The molecule has 3 aromatic carbocycles. The topological polar surface area (TPSA) is 188 Å². The highest BCUT2D eigenvalue weighted by Gasteiger charge is 2.60. The van der Waals surface area contributed by atoms with Gasteiger partial charge in [0.05, 0.1) is 24.9 Å². The van der Waals surface area contributed by atoms with Crippen LogP contribution in [0.25, 0.3) is 11.1 Å². The molecule has 0 aromatic heterocycles. The Bertz CT molecular complexity index is 2780. The Labute approximate surface area is 476 Å². The number of aliphatic hydroxyl groups is 3. The number of aliphatic imine (C=N–C) groups is 1. The summed E-state index contributed by atoms with van der Waals surface area (Å²) in [5.41, 5.74) is 13.7. The molecular formula is C68H95N3O9. The highest BCUT2D eigenvalue weighted by atomic mass is 16.5. The fourth-order valence-corrected chi connectivity index (χ4v) is 19.1. The summed E-state index contributed by atoms with van der Waals surface area (Å²) < 4.78 is 27.3. The van der Waals surface area contributed by atoms with E-state index in [0.717, 1.165) is 143 Å². The number of guanidine groups is 1. The van der Waals surface area contributed by atoms with E-state index < -0.39 is 18.3 Å². The predicted octanol–water partition coefficient (Wildman–Crippen LogP) is 12.3. The van der Waals surface area contributed by atoms with Crippen LogP contribution >= 0.6 is 0 Å². The van der Waals surface area contributed by atoms with Gasteiger partial charge >= 0.3 is 0 Å². The minimum Gasteiger partial charge on any atom is -0.508 e. The average Bonchev–Trinajstić information content (AvgIpc) is 4.19. The van der Waals surface area contributed by atoms with Gasteiger partial charge in [0.15, 0.2) is 17.5 Å². The average molecular weight is 1100 g/mol. The van der Waals surface area contributed by atoms with Crippen molar-refractivity contribution >= 4 is 5.96 Å². The summed E-state index contributed by atoms with van der Waals surface area (Å²) in [4.78, 5) is 5.31. The van der Waals surface area contributed by atoms with E-state index in [0.29, 0.717) is 91.6 Å². The molecule has 12 atom stereocenters. The summed E-state index contributed by atoms with van der Waals surface area (Å²) >= 11 is 0. The molecule has 6 aliphatic carbocycles. The van der Waals surface area contributed by atoms with Gasteiger partial charge in [0.2, 0.25) is 0 Å². The first-order valence-electron chi connectivity index (χ1n) is 31.8.